The average molecular weight is 152 g/mol. The molecule has 0 heterocycles. The van der Waals surface area contributed by atoms with Crippen LogP contribution in [0.1, 0.15) is 11.7 Å². The maximum atomic E-state index is 11.1. The molecule has 0 saturated carbocycles. The number of carbonyl (C=O) groups excluding carboxylic acids is 1. The highest BCUT2D eigenvalue weighted by atomic mass is 16.6. The van der Waals surface area contributed by atoms with Crippen molar-refractivity contribution in [2.45, 2.75) is 0 Å². The molecular weight excluding hydrogens is 142 g/mol. The summed E-state index contributed by atoms with van der Waals surface area (Å²) < 4.78 is 7.36. The van der Waals surface area contributed by atoms with Gasteiger partial charge < -0.3 is 0 Å². The molecule has 0 bridgehead atoms. The van der Waals surface area contributed by atoms with E-state index in [4.69, 9.17) is 1.37 Å². The van der Waals surface area contributed by atoms with Crippen LogP contribution in [0.4, 0.5) is 0 Å². The summed E-state index contributed by atoms with van der Waals surface area (Å²) in [5, 5.41) is 0. The maximum Gasteiger partial charge on any atom is 0.274 e. The molecule has 0 saturated heterocycles. The third-order valence-corrected chi connectivity index (χ3v) is 1.15. The Hall–Kier alpha value is -1.35. The molecular formula is C8H9NO2. The molecule has 0 radical (unpaired) electrons. The number of hydrogen-bond acceptors (Lipinski definition) is 2. The third-order valence-electron chi connectivity index (χ3n) is 1.15. The van der Waals surface area contributed by atoms with Crippen LogP contribution in [0.25, 0.3) is 0 Å². The third kappa shape index (κ3) is 2.05. The Morgan fingerprint density at radius 3 is 3.09 bits per heavy atom. The van der Waals surface area contributed by atoms with Crippen LogP contribution in [0, 0.1) is 0 Å². The van der Waals surface area contributed by atoms with Crippen LogP contribution in [0.2, 0.25) is 0 Å². The van der Waals surface area contributed by atoms with Gasteiger partial charge in [-0.2, -0.15) is 0 Å². The Labute approximate surface area is 66.3 Å². The predicted octanol–water partition coefficient (Wildman–Crippen LogP) is 0.978. The summed E-state index contributed by atoms with van der Waals surface area (Å²) >= 11 is 0. The first-order valence-corrected chi connectivity index (χ1v) is 3.14. The number of nitrogens with one attached hydrogen (secondary N) is 1. The van der Waals surface area contributed by atoms with Crippen LogP contribution in [0.3, 0.4) is 0 Å². The van der Waals surface area contributed by atoms with Gasteiger partial charge in [0.2, 0.25) is 0 Å². The van der Waals surface area contributed by atoms with Gasteiger partial charge in [0.1, 0.15) is 0 Å². The predicted molar refractivity (Wildman–Crippen MR) is 40.9 cm³/mol. The largest absolute Gasteiger partial charge is 0.277 e. The van der Waals surface area contributed by atoms with Gasteiger partial charge in [-0.3, -0.25) is 9.63 Å². The smallest absolute Gasteiger partial charge is 0.274 e. The minimum Gasteiger partial charge on any atom is -0.277 e. The molecule has 0 aliphatic carbocycles. The van der Waals surface area contributed by atoms with Gasteiger partial charge in [0.05, 0.1) is 8.48 Å². The van der Waals surface area contributed by atoms with E-state index in [1.165, 1.54) is 7.11 Å². The summed E-state index contributed by atoms with van der Waals surface area (Å²) in [6.07, 6.45) is 0. The van der Waals surface area contributed by atoms with Gasteiger partial charge in [-0.1, -0.05) is 18.2 Å². The van der Waals surface area contributed by atoms with Crippen LogP contribution in [0.5, 0.6) is 0 Å². The standard InChI is InChI=1S/C8H9NO2/c1-11-9-8(10)7-5-3-2-4-6-7/h2-6H,1H3,(H,9,10)/i5D. The van der Waals surface area contributed by atoms with Crippen molar-refractivity contribution in [3.63, 3.8) is 0 Å². The molecule has 58 valence electrons. The van der Waals surface area contributed by atoms with E-state index < -0.39 is 5.91 Å². The molecule has 1 rings (SSSR count). The number of hydrogen-bond donors (Lipinski definition) is 1. The van der Waals surface area contributed by atoms with Crippen LogP contribution in [0.15, 0.2) is 30.3 Å². The van der Waals surface area contributed by atoms with Crippen LogP contribution < -0.4 is 5.48 Å². The molecule has 0 aromatic heterocycles. The number of amides is 1. The van der Waals surface area contributed by atoms with Crippen molar-refractivity contribution in [1.29, 1.82) is 0 Å². The molecule has 0 fully saturated rings. The monoisotopic (exact) mass is 152 g/mol. The van der Waals surface area contributed by atoms with Gasteiger partial charge in [0.15, 0.2) is 0 Å². The Kier molecular flexibility index (Phi) is 2.16. The Bertz CT molecular complexity index is 288. The molecule has 1 aromatic carbocycles. The zero-order valence-corrected chi connectivity index (χ0v) is 6.13. The van der Waals surface area contributed by atoms with Crippen molar-refractivity contribution < 1.29 is 11.0 Å². The molecule has 3 nitrogen and oxygen atoms in total. The summed E-state index contributed by atoms with van der Waals surface area (Å²) in [5.74, 6) is -0.400. The zero-order chi connectivity index (χ0) is 8.97. The molecule has 0 aliphatic heterocycles. The first-order valence-electron chi connectivity index (χ1n) is 3.64. The average Bonchev–Trinajstić information content (AvgIpc) is 2.05. The van der Waals surface area contributed by atoms with E-state index in [1.807, 2.05) is 0 Å². The summed E-state index contributed by atoms with van der Waals surface area (Å²) in [5.41, 5.74) is 2.45. The van der Waals surface area contributed by atoms with Gasteiger partial charge in [-0.15, -0.1) is 0 Å². The SMILES string of the molecule is [2H]c1ccccc1C(=O)NOC. The summed E-state index contributed by atoms with van der Waals surface area (Å²) in [6.45, 7) is 0. The molecule has 1 amide bonds. The van der Waals surface area contributed by atoms with E-state index in [1.54, 1.807) is 24.3 Å². The number of carbonyl (C=O) groups is 1. The van der Waals surface area contributed by atoms with Gasteiger partial charge in [0.25, 0.3) is 5.91 Å². The van der Waals surface area contributed by atoms with E-state index in [2.05, 4.69) is 10.3 Å². The highest BCUT2D eigenvalue weighted by Gasteiger charge is 2.00. The van der Waals surface area contributed by atoms with E-state index in [0.717, 1.165) is 0 Å². The number of hydroxylamine groups is 1. The van der Waals surface area contributed by atoms with E-state index in [9.17, 15) is 4.79 Å². The van der Waals surface area contributed by atoms with Gasteiger partial charge >= 0.3 is 0 Å². The molecule has 3 heteroatoms. The van der Waals surface area contributed by atoms with Crippen molar-refractivity contribution in [2.75, 3.05) is 7.11 Å². The second kappa shape index (κ2) is 3.73. The Morgan fingerprint density at radius 2 is 2.45 bits per heavy atom. The fourth-order valence-electron chi connectivity index (χ4n) is 0.682. The highest BCUT2D eigenvalue weighted by molar-refractivity contribution is 5.93. The summed E-state index contributed by atoms with van der Waals surface area (Å²) in [7, 11) is 1.35. The lowest BCUT2D eigenvalue weighted by molar-refractivity contribution is 0.0537. The molecule has 0 atom stereocenters. The molecule has 0 aliphatic rings. The number of rotatable bonds is 2. The minimum atomic E-state index is -0.400. The fourth-order valence-corrected chi connectivity index (χ4v) is 0.682. The van der Waals surface area contributed by atoms with Crippen molar-refractivity contribution in [3.05, 3.63) is 35.9 Å². The first-order chi connectivity index (χ1) is 5.75. The normalized spacial score (nSPS) is 10.5. The summed E-state index contributed by atoms with van der Waals surface area (Å²) in [6, 6.07) is 6.70. The lowest BCUT2D eigenvalue weighted by atomic mass is 10.2. The minimum absolute atomic E-state index is 0.187. The zero-order valence-electron chi connectivity index (χ0n) is 7.13. The highest BCUT2D eigenvalue weighted by Crippen LogP contribution is 1.96. The van der Waals surface area contributed by atoms with Crippen LogP contribution in [-0.4, -0.2) is 13.0 Å². The second-order valence-electron chi connectivity index (χ2n) is 1.91. The lowest BCUT2D eigenvalue weighted by Gasteiger charge is -1.99. The van der Waals surface area contributed by atoms with E-state index in [0.29, 0.717) is 5.56 Å². The quantitative estimate of drug-likeness (QED) is 0.641. The second-order valence-corrected chi connectivity index (χ2v) is 1.91. The first kappa shape index (κ1) is 6.37. The van der Waals surface area contributed by atoms with Crippen LogP contribution in [-0.2, 0) is 4.84 Å². The van der Waals surface area contributed by atoms with Crippen LogP contribution >= 0.6 is 0 Å². The lowest BCUT2D eigenvalue weighted by Crippen LogP contribution is -2.21. The topological polar surface area (TPSA) is 38.3 Å². The van der Waals surface area contributed by atoms with Gasteiger partial charge in [-0.05, 0) is 12.1 Å². The fraction of sp³-hybridized carbons (Fsp3) is 0.125. The van der Waals surface area contributed by atoms with E-state index in [-0.39, 0.29) is 6.04 Å². The summed E-state index contributed by atoms with van der Waals surface area (Å²) in [4.78, 5) is 15.5. The Morgan fingerprint density at radius 1 is 1.64 bits per heavy atom. The van der Waals surface area contributed by atoms with Crippen molar-refractivity contribution in [1.82, 2.24) is 5.48 Å². The number of benzene rings is 1. The Balaban J connectivity index is 2.87. The maximum absolute atomic E-state index is 11.1. The van der Waals surface area contributed by atoms with Gasteiger partial charge in [-0.25, -0.2) is 5.48 Å². The molecule has 0 unspecified atom stereocenters. The van der Waals surface area contributed by atoms with Crippen molar-refractivity contribution >= 4 is 5.91 Å². The molecule has 0 spiro atoms. The van der Waals surface area contributed by atoms with E-state index >= 15 is 0 Å². The van der Waals surface area contributed by atoms with Crippen molar-refractivity contribution in [2.24, 2.45) is 0 Å². The van der Waals surface area contributed by atoms with Crippen molar-refractivity contribution in [3.8, 4) is 0 Å². The molecule has 11 heavy (non-hydrogen) atoms. The van der Waals surface area contributed by atoms with Gasteiger partial charge in [0, 0.05) is 5.56 Å². The molecule has 1 aromatic rings. The molecule has 1 N–H and O–H groups in total.